The molecule has 0 unspecified atom stereocenters. The maximum atomic E-state index is 5.43. The Balaban J connectivity index is 0.962. The van der Waals surface area contributed by atoms with Crippen molar-refractivity contribution in [2.75, 3.05) is 0 Å². The molecule has 4 aromatic carbocycles. The van der Waals surface area contributed by atoms with E-state index in [-0.39, 0.29) is 38.8 Å². The quantitative estimate of drug-likeness (QED) is 0.161. The molecule has 0 atom stereocenters. The summed E-state index contributed by atoms with van der Waals surface area (Å²) in [5.41, 5.74) is 14.2. The molecule has 64 heavy (non-hydrogen) atoms. The summed E-state index contributed by atoms with van der Waals surface area (Å²) in [4.78, 5) is 12.6. The maximum absolute atomic E-state index is 5.43. The lowest BCUT2D eigenvalue weighted by Crippen LogP contribution is -2.73. The lowest BCUT2D eigenvalue weighted by molar-refractivity contribution is 0.589. The van der Waals surface area contributed by atoms with Gasteiger partial charge in [-0.25, -0.2) is 9.97 Å². The van der Waals surface area contributed by atoms with Crippen LogP contribution in [0, 0.1) is 0 Å². The second-order valence-electron chi connectivity index (χ2n) is 19.6. The highest BCUT2D eigenvalue weighted by atomic mass is 32.1. The van der Waals surface area contributed by atoms with Crippen LogP contribution in [0.5, 0.6) is 0 Å². The molecule has 14 heteroatoms. The van der Waals surface area contributed by atoms with E-state index < -0.39 is 0 Å². The minimum absolute atomic E-state index is 0.0581. The van der Waals surface area contributed by atoms with Crippen LogP contribution in [0.1, 0.15) is 63.8 Å². The number of aromatic nitrogens is 4. The van der Waals surface area contributed by atoms with Gasteiger partial charge in [0.05, 0.1) is 42.5 Å². The Morgan fingerprint density at radius 2 is 1.03 bits per heavy atom. The predicted octanol–water partition coefficient (Wildman–Crippen LogP) is 11.3. The number of allylic oxidation sites excluding steroid dienone is 8. The molecule has 4 aromatic heterocycles. The van der Waals surface area contributed by atoms with Gasteiger partial charge in [-0.3, -0.25) is 8.80 Å². The van der Waals surface area contributed by atoms with E-state index in [4.69, 9.17) is 9.97 Å². The normalized spacial score (nSPS) is 17.4. The fourth-order valence-electron chi connectivity index (χ4n) is 10.7. The molecule has 1 fully saturated rings. The predicted molar refractivity (Wildman–Crippen MR) is 275 cm³/mol. The highest BCUT2D eigenvalue weighted by Crippen LogP contribution is 2.44. The zero-order chi connectivity index (χ0) is 43.2. The first-order valence-corrected chi connectivity index (χ1v) is 23.9. The van der Waals surface area contributed by atoms with Crippen molar-refractivity contribution in [3.63, 3.8) is 0 Å². The summed E-state index contributed by atoms with van der Waals surface area (Å²) in [7, 11) is 0. The average Bonchev–Trinajstić information content (AvgIpc) is 4.05. The molecule has 0 spiro atoms. The number of nitrogens with zero attached hydrogens (tertiary/aromatic N) is 8. The topological polar surface area (TPSA) is 47.6 Å². The number of benzene rings is 4. The Morgan fingerprint density at radius 1 is 0.484 bits per heavy atom. The maximum Gasteiger partial charge on any atom is 0.381 e. The van der Waals surface area contributed by atoms with Gasteiger partial charge in [0.1, 0.15) is 0 Å². The van der Waals surface area contributed by atoms with E-state index in [0.717, 1.165) is 32.0 Å². The smallest absolute Gasteiger partial charge is 0.381 e. The van der Waals surface area contributed by atoms with E-state index >= 15 is 0 Å². The molecule has 0 N–H and O–H groups in total. The van der Waals surface area contributed by atoms with Gasteiger partial charge in [-0.2, -0.15) is 0 Å². The highest BCUT2D eigenvalue weighted by molar-refractivity contribution is 7.24. The van der Waals surface area contributed by atoms with E-state index in [9.17, 15) is 0 Å². The van der Waals surface area contributed by atoms with Crippen LogP contribution in [-0.2, 0) is 10.8 Å². The number of rotatable bonds is 2. The van der Waals surface area contributed by atoms with Gasteiger partial charge in [0.25, 0.3) is 0 Å². The summed E-state index contributed by atoms with van der Waals surface area (Å²) >= 11 is 3.56. The molecule has 0 radical (unpaired) electrons. The lowest BCUT2D eigenvalue weighted by atomic mass is 9.41. The van der Waals surface area contributed by atoms with Crippen molar-refractivity contribution < 1.29 is 0 Å². The molecule has 0 amide bonds. The van der Waals surface area contributed by atoms with Crippen LogP contribution in [0.25, 0.3) is 63.6 Å². The van der Waals surface area contributed by atoms with Crippen molar-refractivity contribution in [1.82, 2.24) is 37.7 Å². The monoisotopic (exact) mass is 864 g/mol. The Labute approximate surface area is 382 Å². The van der Waals surface area contributed by atoms with E-state index in [1.807, 2.05) is 0 Å². The molecule has 308 valence electrons. The molecule has 9 heterocycles. The van der Waals surface area contributed by atoms with Gasteiger partial charge in [-0.15, -0.1) is 0 Å². The van der Waals surface area contributed by atoms with Crippen molar-refractivity contribution in [2.45, 2.75) is 52.4 Å². The molecule has 5 aliphatic heterocycles. The zero-order valence-electron chi connectivity index (χ0n) is 36.7. The summed E-state index contributed by atoms with van der Waals surface area (Å²) in [5.74, 6) is 9.69. The third-order valence-electron chi connectivity index (χ3n) is 13.7. The summed E-state index contributed by atoms with van der Waals surface area (Å²) in [6, 6.07) is 26.4. The first kappa shape index (κ1) is 38.1. The highest BCUT2D eigenvalue weighted by Gasteiger charge is 2.51. The van der Waals surface area contributed by atoms with E-state index in [2.05, 4.69) is 227 Å². The third-order valence-corrected chi connectivity index (χ3v) is 15.8. The van der Waals surface area contributed by atoms with Crippen LogP contribution in [0.2, 0.25) is 0 Å². The lowest BCUT2D eigenvalue weighted by Gasteiger charge is -2.53. The first-order chi connectivity index (χ1) is 31.0. The fraction of sp³-hybridized carbons (Fsp3) is 0.160. The summed E-state index contributed by atoms with van der Waals surface area (Å²) in [5, 5.41) is 0. The average molecular weight is 864 g/mol. The molecule has 13 rings (SSSR count). The van der Waals surface area contributed by atoms with E-state index in [1.165, 1.54) is 53.8 Å². The SMILES string of the molecule is CC(C)(C)c1ccc2c(nc3sc4ccccc4n32)c1C1=CB2N(C=C1)B1C=CC=CN1B1C=C(c3c(C(C)(C)C)ccc4c3sc3nc5ccccc5n34)C=CN1B1C=CC=CN12. The molecule has 8 nitrogen and oxygen atoms in total. The minimum atomic E-state index is -0.104. The summed E-state index contributed by atoms with van der Waals surface area (Å²) in [6.07, 6.45) is 22.7. The molecule has 0 bridgehead atoms. The van der Waals surface area contributed by atoms with Crippen LogP contribution >= 0.6 is 22.7 Å². The van der Waals surface area contributed by atoms with Gasteiger partial charge in [-0.05, 0) is 119 Å². The van der Waals surface area contributed by atoms with Crippen molar-refractivity contribution in [1.29, 1.82) is 0 Å². The third kappa shape index (κ3) is 5.51. The molecule has 0 saturated carbocycles. The standard InChI is InChI=1S/C50H44B4N8S2/c1-49(2,3)35-19-21-40-45(56-48-62(40)39-17-9-10-18-42(39)63-48)43(35)33-23-29-59-52-26-12-14-28-58(52)54-32-34(24-30-60(54)51-25-11-13-27-57(51)53(59)31-33)44-36(50(4,5)6)20-22-41-46(44)64-47-55-37-15-7-8-16-38(37)61(41)47/h7-32H,1-6H3. The molecular weight excluding hydrogens is 820 g/mol. The van der Waals surface area contributed by atoms with Crippen molar-refractivity contribution in [2.24, 2.45) is 0 Å². The fourth-order valence-corrected chi connectivity index (χ4v) is 13.0. The Hall–Kier alpha value is -6.36. The number of hydrogen-bond acceptors (Lipinski definition) is 8. The van der Waals surface area contributed by atoms with Crippen LogP contribution in [0.15, 0.2) is 158 Å². The minimum Gasteiger partial charge on any atom is -0.423 e. The van der Waals surface area contributed by atoms with Gasteiger partial charge < -0.3 is 18.9 Å². The van der Waals surface area contributed by atoms with Crippen molar-refractivity contribution >= 4 is 114 Å². The number of imidazole rings is 2. The van der Waals surface area contributed by atoms with Crippen LogP contribution in [-0.4, -0.2) is 65.6 Å². The summed E-state index contributed by atoms with van der Waals surface area (Å²) in [6.45, 7) is 13.7. The number of fused-ring (bicyclic) bond motifs is 18. The zero-order valence-corrected chi connectivity index (χ0v) is 38.3. The van der Waals surface area contributed by atoms with Crippen LogP contribution in [0.4, 0.5) is 0 Å². The molecule has 8 aromatic rings. The van der Waals surface area contributed by atoms with Crippen molar-refractivity contribution in [3.05, 3.63) is 180 Å². The van der Waals surface area contributed by atoms with E-state index in [0.29, 0.717) is 0 Å². The van der Waals surface area contributed by atoms with Gasteiger partial charge in [-0.1, -0.05) is 137 Å². The van der Waals surface area contributed by atoms with Crippen molar-refractivity contribution in [3.8, 4) is 0 Å². The number of para-hydroxylation sites is 3. The molecule has 1 saturated heterocycles. The molecule has 5 aliphatic rings. The molecule has 0 aliphatic carbocycles. The van der Waals surface area contributed by atoms with Gasteiger partial charge in [0, 0.05) is 11.1 Å². The first-order valence-electron chi connectivity index (χ1n) is 22.3. The second-order valence-corrected chi connectivity index (χ2v) is 21.6. The summed E-state index contributed by atoms with van der Waals surface area (Å²) < 4.78 is 17.3. The van der Waals surface area contributed by atoms with Crippen LogP contribution in [0.3, 0.4) is 0 Å². The Morgan fingerprint density at radius 3 is 1.70 bits per heavy atom. The molecular formula is C50H44B4N8S2. The largest absolute Gasteiger partial charge is 0.423 e. The van der Waals surface area contributed by atoms with Gasteiger partial charge >= 0.3 is 27.9 Å². The Bertz CT molecular complexity index is 3320. The van der Waals surface area contributed by atoms with Crippen LogP contribution < -0.4 is 0 Å². The number of hydrogen-bond donors (Lipinski definition) is 0. The second kappa shape index (κ2) is 13.6. The Kier molecular flexibility index (Phi) is 8.09. The van der Waals surface area contributed by atoms with Gasteiger partial charge in [0.15, 0.2) is 9.92 Å². The van der Waals surface area contributed by atoms with E-state index in [1.54, 1.807) is 22.7 Å². The number of thiazole rings is 2. The van der Waals surface area contributed by atoms with Gasteiger partial charge in [0.2, 0.25) is 0 Å².